The minimum Gasteiger partial charge on any atom is -0.481 e. The first kappa shape index (κ1) is 27.5. The predicted octanol–water partition coefficient (Wildman–Crippen LogP) is 5.17. The lowest BCUT2D eigenvalue weighted by Gasteiger charge is -2.28. The van der Waals surface area contributed by atoms with E-state index in [1.54, 1.807) is 0 Å². The summed E-state index contributed by atoms with van der Waals surface area (Å²) in [4.78, 5) is 11.2. The Morgan fingerprint density at radius 3 is 1.62 bits per heavy atom. The van der Waals surface area contributed by atoms with Crippen molar-refractivity contribution in [3.05, 3.63) is 17.7 Å². The van der Waals surface area contributed by atoms with Crippen molar-refractivity contribution in [1.29, 1.82) is 0 Å². The number of hydrogen-bond acceptors (Lipinski definition) is 5. The summed E-state index contributed by atoms with van der Waals surface area (Å²) < 4.78 is 125. The molecule has 6 nitrogen and oxygen atoms in total. The molecule has 184 valence electrons. The van der Waals surface area contributed by atoms with Crippen LogP contribution in [0, 0.1) is 11.8 Å². The van der Waals surface area contributed by atoms with Crippen molar-refractivity contribution in [2.75, 3.05) is 6.54 Å². The van der Waals surface area contributed by atoms with Gasteiger partial charge in [-0.05, 0) is 18.3 Å². The molecule has 0 aromatic heterocycles. The summed E-state index contributed by atoms with van der Waals surface area (Å²) in [6, 6.07) is 0.223. The first-order chi connectivity index (χ1) is 14.3. The maximum absolute atomic E-state index is 12.9. The van der Waals surface area contributed by atoms with Crippen molar-refractivity contribution < 1.29 is 63.6 Å². The quantitative estimate of drug-likeness (QED) is 0.467. The van der Waals surface area contributed by atoms with Gasteiger partial charge in [-0.15, -0.1) is 39.5 Å². The Balaban J connectivity index is 3.63. The molecule has 0 spiro atoms. The smallest absolute Gasteiger partial charge is 0.481 e. The van der Waals surface area contributed by atoms with Crippen LogP contribution in [0.5, 0.6) is 17.2 Å². The Bertz CT molecular complexity index is 755. The largest absolute Gasteiger partial charge is 0.573 e. The molecule has 0 heterocycles. The molecule has 0 amide bonds. The number of benzene rings is 1. The number of alkyl halides is 9. The second-order valence-corrected chi connectivity index (χ2v) is 6.75. The van der Waals surface area contributed by atoms with Crippen LogP contribution in [0.1, 0.15) is 31.7 Å². The molecule has 0 aliphatic rings. The average Bonchev–Trinajstić information content (AvgIpc) is 2.54. The number of nitrogens with two attached hydrogens (primary N) is 1. The Morgan fingerprint density at radius 2 is 1.31 bits per heavy atom. The molecule has 15 heteroatoms. The highest BCUT2D eigenvalue weighted by molar-refractivity contribution is 5.70. The van der Waals surface area contributed by atoms with E-state index < -0.39 is 65.6 Å². The lowest BCUT2D eigenvalue weighted by molar-refractivity contribution is -0.278. The van der Waals surface area contributed by atoms with Crippen LogP contribution in [-0.4, -0.2) is 36.7 Å². The normalized spacial score (nSPS) is 15.6. The molecule has 0 saturated heterocycles. The Hall–Kier alpha value is -2.58. The molecular formula is C17H18F9NO5. The van der Waals surface area contributed by atoms with Crippen molar-refractivity contribution in [3.8, 4) is 17.2 Å². The molecule has 3 N–H and O–H groups in total. The van der Waals surface area contributed by atoms with Crippen LogP contribution in [0.3, 0.4) is 0 Å². The summed E-state index contributed by atoms with van der Waals surface area (Å²) in [5.41, 5.74) is 4.43. The van der Waals surface area contributed by atoms with Crippen LogP contribution in [-0.2, 0) is 4.79 Å². The Labute approximate surface area is 175 Å². The van der Waals surface area contributed by atoms with E-state index in [4.69, 9.17) is 10.8 Å². The molecule has 0 aliphatic carbocycles. The average molecular weight is 487 g/mol. The van der Waals surface area contributed by atoms with Crippen molar-refractivity contribution in [2.45, 2.75) is 45.3 Å². The molecule has 3 unspecified atom stereocenters. The van der Waals surface area contributed by atoms with Crippen LogP contribution in [0.2, 0.25) is 0 Å². The molecular weight excluding hydrogens is 469 g/mol. The molecule has 0 fully saturated rings. The highest BCUT2D eigenvalue weighted by atomic mass is 19.4. The second-order valence-electron chi connectivity index (χ2n) is 6.75. The van der Waals surface area contributed by atoms with E-state index in [9.17, 15) is 44.3 Å². The predicted molar refractivity (Wildman–Crippen MR) is 88.9 cm³/mol. The number of halogens is 9. The lowest BCUT2D eigenvalue weighted by atomic mass is 9.82. The van der Waals surface area contributed by atoms with E-state index in [0.717, 1.165) is 6.92 Å². The standard InChI is InChI=1S/C17H18F9NO5/c1-7(3-9(6-27)14(28)29)8(2)13-11(31-16(21,22)23)4-10(30-15(18,19)20)5-12(13)32-17(24,25)26/h4-5,7-9H,3,6,27H2,1-2H3,(H,28,29). The highest BCUT2D eigenvalue weighted by Crippen LogP contribution is 2.46. The number of ether oxygens (including phenoxy) is 3. The fourth-order valence-corrected chi connectivity index (χ4v) is 2.87. The van der Waals surface area contributed by atoms with Crippen LogP contribution in [0.4, 0.5) is 39.5 Å². The van der Waals surface area contributed by atoms with Gasteiger partial charge in [-0.1, -0.05) is 13.8 Å². The molecule has 0 saturated carbocycles. The van der Waals surface area contributed by atoms with Crippen LogP contribution < -0.4 is 19.9 Å². The van der Waals surface area contributed by atoms with Crippen molar-refractivity contribution in [1.82, 2.24) is 0 Å². The minimum absolute atomic E-state index is 0.111. The Morgan fingerprint density at radius 1 is 0.906 bits per heavy atom. The third kappa shape index (κ3) is 8.88. The zero-order valence-corrected chi connectivity index (χ0v) is 16.4. The van der Waals surface area contributed by atoms with Gasteiger partial charge in [0.05, 0.1) is 5.92 Å². The van der Waals surface area contributed by atoms with E-state index in [-0.39, 0.29) is 25.1 Å². The summed E-state index contributed by atoms with van der Waals surface area (Å²) in [6.07, 6.45) is -16.7. The summed E-state index contributed by atoms with van der Waals surface area (Å²) in [5.74, 6) is -9.07. The van der Waals surface area contributed by atoms with Crippen LogP contribution in [0.15, 0.2) is 12.1 Å². The van der Waals surface area contributed by atoms with Gasteiger partial charge in [-0.25, -0.2) is 0 Å². The number of carboxylic acids is 1. The van der Waals surface area contributed by atoms with Crippen molar-refractivity contribution in [2.24, 2.45) is 17.6 Å². The molecule has 1 aromatic carbocycles. The number of rotatable bonds is 9. The minimum atomic E-state index is -5.50. The third-order valence-electron chi connectivity index (χ3n) is 4.36. The molecule has 0 aliphatic heterocycles. The maximum Gasteiger partial charge on any atom is 0.573 e. The van der Waals surface area contributed by atoms with Gasteiger partial charge >= 0.3 is 25.1 Å². The van der Waals surface area contributed by atoms with Crippen molar-refractivity contribution >= 4 is 5.97 Å². The first-order valence-corrected chi connectivity index (χ1v) is 8.71. The molecule has 32 heavy (non-hydrogen) atoms. The summed E-state index contributed by atoms with van der Waals surface area (Å²) in [7, 11) is 0. The van der Waals surface area contributed by atoms with E-state index in [1.807, 2.05) is 0 Å². The van der Waals surface area contributed by atoms with Gasteiger partial charge in [0, 0.05) is 24.2 Å². The Kier molecular flexibility index (Phi) is 8.51. The van der Waals surface area contributed by atoms with E-state index in [1.165, 1.54) is 6.92 Å². The summed E-state index contributed by atoms with van der Waals surface area (Å²) >= 11 is 0. The van der Waals surface area contributed by atoms with E-state index in [0.29, 0.717) is 0 Å². The van der Waals surface area contributed by atoms with Gasteiger partial charge < -0.3 is 25.1 Å². The van der Waals surface area contributed by atoms with E-state index in [2.05, 4.69) is 14.2 Å². The fraction of sp³-hybridized carbons (Fsp3) is 0.588. The van der Waals surface area contributed by atoms with Gasteiger partial charge in [-0.3, -0.25) is 4.79 Å². The maximum atomic E-state index is 12.9. The van der Waals surface area contributed by atoms with E-state index >= 15 is 0 Å². The van der Waals surface area contributed by atoms with Gasteiger partial charge in [0.1, 0.15) is 17.2 Å². The number of hydrogen-bond donors (Lipinski definition) is 2. The monoisotopic (exact) mass is 487 g/mol. The second kappa shape index (κ2) is 9.92. The lowest BCUT2D eigenvalue weighted by Crippen LogP contribution is -2.27. The third-order valence-corrected chi connectivity index (χ3v) is 4.36. The highest BCUT2D eigenvalue weighted by Gasteiger charge is 2.40. The van der Waals surface area contributed by atoms with Crippen LogP contribution in [0.25, 0.3) is 0 Å². The summed E-state index contributed by atoms with van der Waals surface area (Å²) in [5, 5.41) is 9.08. The molecule has 0 radical (unpaired) electrons. The molecule has 1 aromatic rings. The number of carboxylic acid groups (broad SMARTS) is 1. The van der Waals surface area contributed by atoms with Gasteiger partial charge in [0.25, 0.3) is 0 Å². The number of aliphatic carboxylic acids is 1. The molecule has 0 bridgehead atoms. The van der Waals surface area contributed by atoms with Crippen LogP contribution >= 0.6 is 0 Å². The zero-order valence-electron chi connectivity index (χ0n) is 16.4. The summed E-state index contributed by atoms with van der Waals surface area (Å²) in [6.45, 7) is 2.07. The van der Waals surface area contributed by atoms with Gasteiger partial charge in [0.15, 0.2) is 0 Å². The van der Waals surface area contributed by atoms with Gasteiger partial charge in [0.2, 0.25) is 0 Å². The zero-order chi connectivity index (χ0) is 25.1. The molecule has 3 atom stereocenters. The van der Waals surface area contributed by atoms with Gasteiger partial charge in [-0.2, -0.15) is 0 Å². The van der Waals surface area contributed by atoms with Crippen molar-refractivity contribution in [3.63, 3.8) is 0 Å². The first-order valence-electron chi connectivity index (χ1n) is 8.71. The molecule has 1 rings (SSSR count). The topological polar surface area (TPSA) is 91.0 Å². The fourth-order valence-electron chi connectivity index (χ4n) is 2.87. The SMILES string of the molecule is CC(CC(CN)C(=O)O)C(C)c1c(OC(F)(F)F)cc(OC(F)(F)F)cc1OC(F)(F)F. The number of carbonyl (C=O) groups is 1.